The molecule has 0 bridgehead atoms. The second-order valence-electron chi connectivity index (χ2n) is 6.87. The minimum atomic E-state index is -4.49. The molecular formula is C20H20F3N5O2. The van der Waals surface area contributed by atoms with E-state index in [1.807, 2.05) is 0 Å². The summed E-state index contributed by atoms with van der Waals surface area (Å²) in [6.45, 7) is 4.61. The lowest BCUT2D eigenvalue weighted by atomic mass is 9.98. The first kappa shape index (κ1) is 21.4. The molecule has 10 heteroatoms. The fraction of sp³-hybridized carbons (Fsp3) is 0.300. The predicted octanol–water partition coefficient (Wildman–Crippen LogP) is 3.10. The van der Waals surface area contributed by atoms with Crippen molar-refractivity contribution < 1.29 is 18.3 Å². The SMILES string of the molecule is CC(=NC(O)c1c(C)cccc1-n1nnn(C)c1=O)c1cccc(C(F)(F)F)c1C. The number of nitrogens with zero attached hydrogens (tertiary/aromatic N) is 5. The Hall–Kier alpha value is -3.27. The Labute approximate surface area is 170 Å². The highest BCUT2D eigenvalue weighted by Gasteiger charge is 2.33. The van der Waals surface area contributed by atoms with Crippen molar-refractivity contribution >= 4 is 5.71 Å². The molecule has 1 atom stereocenters. The molecule has 30 heavy (non-hydrogen) atoms. The van der Waals surface area contributed by atoms with E-state index in [1.165, 1.54) is 33.0 Å². The van der Waals surface area contributed by atoms with E-state index >= 15 is 0 Å². The number of aliphatic hydroxyl groups excluding tert-OH is 1. The van der Waals surface area contributed by atoms with Gasteiger partial charge in [0.05, 0.1) is 11.3 Å². The summed E-state index contributed by atoms with van der Waals surface area (Å²) in [4.78, 5) is 16.5. The number of hydrogen-bond donors (Lipinski definition) is 1. The summed E-state index contributed by atoms with van der Waals surface area (Å²) in [7, 11) is 1.44. The number of rotatable bonds is 4. The molecule has 1 N–H and O–H groups in total. The van der Waals surface area contributed by atoms with Gasteiger partial charge >= 0.3 is 11.9 Å². The molecule has 7 nitrogen and oxygen atoms in total. The van der Waals surface area contributed by atoms with Crippen LogP contribution in [0.25, 0.3) is 5.69 Å². The van der Waals surface area contributed by atoms with Gasteiger partial charge in [0.15, 0.2) is 6.23 Å². The average Bonchev–Trinajstić information content (AvgIpc) is 2.99. The van der Waals surface area contributed by atoms with Crippen LogP contribution in [0.3, 0.4) is 0 Å². The van der Waals surface area contributed by atoms with Crippen molar-refractivity contribution in [2.24, 2.45) is 12.0 Å². The lowest BCUT2D eigenvalue weighted by molar-refractivity contribution is -0.138. The van der Waals surface area contributed by atoms with Crippen LogP contribution in [0.1, 0.15) is 41.0 Å². The molecule has 2 aromatic carbocycles. The third-order valence-electron chi connectivity index (χ3n) is 4.85. The fourth-order valence-corrected chi connectivity index (χ4v) is 3.30. The van der Waals surface area contributed by atoms with E-state index in [1.54, 1.807) is 25.1 Å². The molecule has 0 amide bonds. The number of hydrogen-bond acceptors (Lipinski definition) is 5. The van der Waals surface area contributed by atoms with Gasteiger partial charge in [-0.2, -0.15) is 22.5 Å². The minimum absolute atomic E-state index is 0.0219. The highest BCUT2D eigenvalue weighted by molar-refractivity contribution is 6.00. The van der Waals surface area contributed by atoms with Crippen molar-refractivity contribution in [1.29, 1.82) is 0 Å². The van der Waals surface area contributed by atoms with Gasteiger partial charge < -0.3 is 5.11 Å². The number of aliphatic hydroxyl groups is 1. The van der Waals surface area contributed by atoms with Gasteiger partial charge in [-0.25, -0.2) is 4.79 Å². The Morgan fingerprint density at radius 3 is 2.40 bits per heavy atom. The summed E-state index contributed by atoms with van der Waals surface area (Å²) in [6, 6.07) is 8.82. The quantitative estimate of drug-likeness (QED) is 0.659. The monoisotopic (exact) mass is 419 g/mol. The van der Waals surface area contributed by atoms with E-state index in [-0.39, 0.29) is 22.5 Å². The van der Waals surface area contributed by atoms with Crippen LogP contribution in [0.2, 0.25) is 0 Å². The highest BCUT2D eigenvalue weighted by atomic mass is 19.4. The Balaban J connectivity index is 2.09. The van der Waals surface area contributed by atoms with Crippen molar-refractivity contribution in [1.82, 2.24) is 19.8 Å². The summed E-state index contributed by atoms with van der Waals surface area (Å²) in [6.07, 6.45) is -5.92. The molecule has 3 rings (SSSR count). The summed E-state index contributed by atoms with van der Waals surface area (Å²) in [5.41, 5.74) is 0.489. The number of aromatic nitrogens is 4. The van der Waals surface area contributed by atoms with Gasteiger partial charge in [-0.05, 0) is 60.0 Å². The van der Waals surface area contributed by atoms with Crippen LogP contribution in [-0.2, 0) is 13.2 Å². The van der Waals surface area contributed by atoms with Crippen LogP contribution in [0.15, 0.2) is 46.2 Å². The normalized spacial score (nSPS) is 13.5. The molecule has 1 unspecified atom stereocenters. The Kier molecular flexibility index (Phi) is 5.62. The van der Waals surface area contributed by atoms with E-state index < -0.39 is 23.7 Å². The van der Waals surface area contributed by atoms with Gasteiger partial charge in [0.25, 0.3) is 0 Å². The maximum absolute atomic E-state index is 13.2. The number of halogens is 3. The van der Waals surface area contributed by atoms with Crippen molar-refractivity contribution in [2.75, 3.05) is 0 Å². The van der Waals surface area contributed by atoms with Gasteiger partial charge in [-0.15, -0.1) is 0 Å². The maximum Gasteiger partial charge on any atom is 0.416 e. The van der Waals surface area contributed by atoms with E-state index in [0.29, 0.717) is 11.1 Å². The van der Waals surface area contributed by atoms with E-state index in [4.69, 9.17) is 0 Å². The van der Waals surface area contributed by atoms with Gasteiger partial charge in [-0.3, -0.25) is 4.99 Å². The zero-order valence-electron chi connectivity index (χ0n) is 16.8. The van der Waals surface area contributed by atoms with Crippen molar-refractivity contribution in [2.45, 2.75) is 33.2 Å². The minimum Gasteiger partial charge on any atom is -0.368 e. The highest BCUT2D eigenvalue weighted by Crippen LogP contribution is 2.33. The smallest absolute Gasteiger partial charge is 0.368 e. The Bertz CT molecular complexity index is 1180. The number of tetrazole rings is 1. The van der Waals surface area contributed by atoms with Crippen LogP contribution < -0.4 is 5.69 Å². The van der Waals surface area contributed by atoms with Crippen molar-refractivity contribution in [3.8, 4) is 5.69 Å². The van der Waals surface area contributed by atoms with Gasteiger partial charge in [0, 0.05) is 18.3 Å². The topological polar surface area (TPSA) is 85.3 Å². The third-order valence-corrected chi connectivity index (χ3v) is 4.85. The van der Waals surface area contributed by atoms with E-state index in [2.05, 4.69) is 15.4 Å². The first-order chi connectivity index (χ1) is 14.0. The lowest BCUT2D eigenvalue weighted by Crippen LogP contribution is -2.23. The standard InChI is InChI=1S/C20H20F3N5O2/c1-11-7-5-10-16(28-19(30)27(4)25-26-28)17(11)18(29)24-13(3)14-8-6-9-15(12(14)2)20(21,22)23/h5-10,18,29H,1-4H3. The van der Waals surface area contributed by atoms with E-state index in [9.17, 15) is 23.1 Å². The Morgan fingerprint density at radius 2 is 1.80 bits per heavy atom. The molecule has 0 aliphatic rings. The molecule has 1 heterocycles. The lowest BCUT2D eigenvalue weighted by Gasteiger charge is -2.17. The molecule has 0 saturated heterocycles. The van der Waals surface area contributed by atoms with Crippen molar-refractivity contribution in [3.63, 3.8) is 0 Å². The summed E-state index contributed by atoms with van der Waals surface area (Å²) < 4.78 is 41.7. The largest absolute Gasteiger partial charge is 0.416 e. The predicted molar refractivity (Wildman–Crippen MR) is 105 cm³/mol. The zero-order valence-corrected chi connectivity index (χ0v) is 16.8. The molecule has 0 aliphatic heterocycles. The number of alkyl halides is 3. The Morgan fingerprint density at radius 1 is 1.13 bits per heavy atom. The second-order valence-corrected chi connectivity index (χ2v) is 6.87. The molecule has 0 fully saturated rings. The number of aliphatic imine (C=N–C) groups is 1. The maximum atomic E-state index is 13.2. The van der Waals surface area contributed by atoms with Crippen LogP contribution in [-0.4, -0.2) is 30.6 Å². The molecule has 0 saturated carbocycles. The first-order valence-electron chi connectivity index (χ1n) is 9.01. The molecule has 0 spiro atoms. The van der Waals surface area contributed by atoms with Crippen LogP contribution >= 0.6 is 0 Å². The third kappa shape index (κ3) is 3.90. The zero-order chi connectivity index (χ0) is 22.2. The average molecular weight is 419 g/mol. The first-order valence-corrected chi connectivity index (χ1v) is 9.01. The van der Waals surface area contributed by atoms with Crippen molar-refractivity contribution in [3.05, 3.63) is 74.7 Å². The fourth-order valence-electron chi connectivity index (χ4n) is 3.30. The molecular weight excluding hydrogens is 399 g/mol. The van der Waals surface area contributed by atoms with Crippen LogP contribution in [0.4, 0.5) is 13.2 Å². The molecule has 158 valence electrons. The molecule has 0 aliphatic carbocycles. The van der Waals surface area contributed by atoms with Crippen LogP contribution in [0.5, 0.6) is 0 Å². The van der Waals surface area contributed by atoms with Crippen LogP contribution in [0, 0.1) is 13.8 Å². The van der Waals surface area contributed by atoms with Gasteiger partial charge in [-0.1, -0.05) is 24.3 Å². The summed E-state index contributed by atoms with van der Waals surface area (Å²) >= 11 is 0. The van der Waals surface area contributed by atoms with E-state index in [0.717, 1.165) is 15.4 Å². The van der Waals surface area contributed by atoms with Gasteiger partial charge in [0.2, 0.25) is 0 Å². The molecule has 1 aromatic heterocycles. The molecule has 0 radical (unpaired) electrons. The molecule has 3 aromatic rings. The second kappa shape index (κ2) is 7.86. The van der Waals surface area contributed by atoms with Gasteiger partial charge in [0.1, 0.15) is 0 Å². The summed E-state index contributed by atoms with van der Waals surface area (Å²) in [5.74, 6) is 0. The number of benzene rings is 2. The summed E-state index contributed by atoms with van der Waals surface area (Å²) in [5, 5.41) is 18.3. The number of aryl methyl sites for hydroxylation is 2.